The maximum absolute atomic E-state index is 9.38. The zero-order valence-corrected chi connectivity index (χ0v) is 10.8. The van der Waals surface area contributed by atoms with Gasteiger partial charge < -0.3 is 15.5 Å². The lowest BCUT2D eigenvalue weighted by atomic mass is 10.2. The van der Waals surface area contributed by atoms with Crippen molar-refractivity contribution < 1.29 is 10.2 Å². The van der Waals surface area contributed by atoms with Crippen molar-refractivity contribution in [1.82, 2.24) is 0 Å². The van der Waals surface area contributed by atoms with E-state index in [2.05, 4.69) is 5.32 Å². The van der Waals surface area contributed by atoms with Gasteiger partial charge in [0.15, 0.2) is 11.5 Å². The number of hydrogen-bond acceptors (Lipinski definition) is 3. The third kappa shape index (κ3) is 2.81. The summed E-state index contributed by atoms with van der Waals surface area (Å²) in [5.41, 5.74) is 1.45. The Bertz CT molecular complexity index is 553. The Kier molecular flexibility index (Phi) is 3.84. The van der Waals surface area contributed by atoms with Gasteiger partial charge in [0.25, 0.3) is 0 Å². The summed E-state index contributed by atoms with van der Waals surface area (Å²) in [7, 11) is 0. The number of benzene rings is 2. The van der Waals surface area contributed by atoms with Crippen molar-refractivity contribution in [2.45, 2.75) is 6.54 Å². The van der Waals surface area contributed by atoms with E-state index >= 15 is 0 Å². The minimum atomic E-state index is -0.153. The molecule has 0 bridgehead atoms. The van der Waals surface area contributed by atoms with Gasteiger partial charge in [0.05, 0.1) is 15.7 Å². The summed E-state index contributed by atoms with van der Waals surface area (Å²) in [5.74, 6) is -0.297. The summed E-state index contributed by atoms with van der Waals surface area (Å²) in [5, 5.41) is 22.7. The Morgan fingerprint density at radius 3 is 2.22 bits per heavy atom. The highest BCUT2D eigenvalue weighted by Crippen LogP contribution is 2.31. The molecule has 0 aliphatic rings. The minimum absolute atomic E-state index is 0.144. The van der Waals surface area contributed by atoms with E-state index in [0.717, 1.165) is 5.56 Å². The maximum Gasteiger partial charge on any atom is 0.157 e. The molecule has 0 saturated heterocycles. The summed E-state index contributed by atoms with van der Waals surface area (Å²) in [6.07, 6.45) is 0. The zero-order chi connectivity index (χ0) is 13.1. The number of hydrogen-bond donors (Lipinski definition) is 3. The van der Waals surface area contributed by atoms with Crippen molar-refractivity contribution in [3.8, 4) is 11.5 Å². The van der Waals surface area contributed by atoms with E-state index in [1.807, 2.05) is 0 Å². The molecule has 5 heteroatoms. The van der Waals surface area contributed by atoms with Gasteiger partial charge in [-0.15, -0.1) is 0 Å². The molecule has 3 N–H and O–H groups in total. The van der Waals surface area contributed by atoms with Crippen LogP contribution in [0.4, 0.5) is 5.69 Å². The third-order valence-corrected chi connectivity index (χ3v) is 3.10. The van der Waals surface area contributed by atoms with Crippen LogP contribution in [-0.2, 0) is 6.54 Å². The lowest BCUT2D eigenvalue weighted by molar-refractivity contribution is 0.403. The first-order chi connectivity index (χ1) is 8.58. The third-order valence-electron chi connectivity index (χ3n) is 2.47. The number of phenols is 2. The Hall–Kier alpha value is -1.58. The highest BCUT2D eigenvalue weighted by Gasteiger charge is 2.05. The van der Waals surface area contributed by atoms with E-state index < -0.39 is 0 Å². The predicted octanol–water partition coefficient (Wildman–Crippen LogP) is 4.02. The second-order valence-corrected chi connectivity index (χ2v) is 4.59. The number of para-hydroxylation sites is 1. The first-order valence-corrected chi connectivity index (χ1v) is 6.02. The van der Waals surface area contributed by atoms with E-state index in [1.165, 1.54) is 12.1 Å². The SMILES string of the molecule is Oc1ccc(CNc2c(Cl)cccc2Cl)cc1O. The van der Waals surface area contributed by atoms with Crippen LogP contribution in [0.5, 0.6) is 11.5 Å². The van der Waals surface area contributed by atoms with Crippen LogP contribution < -0.4 is 5.32 Å². The summed E-state index contributed by atoms with van der Waals surface area (Å²) in [6, 6.07) is 9.86. The van der Waals surface area contributed by atoms with Crippen LogP contribution in [0.15, 0.2) is 36.4 Å². The molecule has 0 spiro atoms. The summed E-state index contributed by atoms with van der Waals surface area (Å²) in [4.78, 5) is 0. The first kappa shape index (κ1) is 12.9. The average Bonchev–Trinajstić information content (AvgIpc) is 2.33. The predicted molar refractivity (Wildman–Crippen MR) is 73.6 cm³/mol. The Morgan fingerprint density at radius 1 is 0.944 bits per heavy atom. The number of anilines is 1. The van der Waals surface area contributed by atoms with Crippen LogP contribution in [0.3, 0.4) is 0 Å². The molecule has 0 heterocycles. The highest BCUT2D eigenvalue weighted by molar-refractivity contribution is 6.39. The molecular formula is C13H11Cl2NO2. The molecule has 18 heavy (non-hydrogen) atoms. The lowest BCUT2D eigenvalue weighted by Gasteiger charge is -2.10. The molecule has 0 aliphatic carbocycles. The molecule has 3 nitrogen and oxygen atoms in total. The molecule has 0 atom stereocenters. The van der Waals surface area contributed by atoms with Crippen molar-refractivity contribution in [1.29, 1.82) is 0 Å². The summed E-state index contributed by atoms with van der Waals surface area (Å²) in [6.45, 7) is 0.442. The summed E-state index contributed by atoms with van der Waals surface area (Å²) >= 11 is 12.0. The van der Waals surface area contributed by atoms with Gasteiger partial charge in [0.2, 0.25) is 0 Å². The molecule has 2 rings (SSSR count). The standard InChI is InChI=1S/C13H11Cl2NO2/c14-9-2-1-3-10(15)13(9)16-7-8-4-5-11(17)12(18)6-8/h1-6,16-18H,7H2. The van der Waals surface area contributed by atoms with Crippen molar-refractivity contribution in [3.05, 3.63) is 52.0 Å². The maximum atomic E-state index is 9.38. The Balaban J connectivity index is 2.14. The monoisotopic (exact) mass is 283 g/mol. The average molecular weight is 284 g/mol. The van der Waals surface area contributed by atoms with Crippen molar-refractivity contribution >= 4 is 28.9 Å². The van der Waals surface area contributed by atoms with Crippen molar-refractivity contribution in [2.75, 3.05) is 5.32 Å². The van der Waals surface area contributed by atoms with Gasteiger partial charge in [0.1, 0.15) is 0 Å². The largest absolute Gasteiger partial charge is 0.504 e. The topological polar surface area (TPSA) is 52.5 Å². The molecule has 94 valence electrons. The molecule has 0 amide bonds. The number of rotatable bonds is 3. The lowest BCUT2D eigenvalue weighted by Crippen LogP contribution is -2.00. The van der Waals surface area contributed by atoms with Crippen LogP contribution >= 0.6 is 23.2 Å². The van der Waals surface area contributed by atoms with Gasteiger partial charge in [-0.05, 0) is 29.8 Å². The van der Waals surface area contributed by atoms with Crippen molar-refractivity contribution in [3.63, 3.8) is 0 Å². The van der Waals surface area contributed by atoms with Crippen molar-refractivity contribution in [2.24, 2.45) is 0 Å². The number of nitrogens with one attached hydrogen (secondary N) is 1. The van der Waals surface area contributed by atoms with Crippen LogP contribution in [0.1, 0.15) is 5.56 Å². The fourth-order valence-corrected chi connectivity index (χ4v) is 2.07. The Morgan fingerprint density at radius 2 is 1.61 bits per heavy atom. The molecule has 2 aromatic rings. The van der Waals surface area contributed by atoms with E-state index in [4.69, 9.17) is 23.2 Å². The second kappa shape index (κ2) is 5.38. The molecule has 0 fully saturated rings. The van der Waals surface area contributed by atoms with Gasteiger partial charge in [-0.1, -0.05) is 35.3 Å². The minimum Gasteiger partial charge on any atom is -0.504 e. The number of halogens is 2. The van der Waals surface area contributed by atoms with E-state index in [1.54, 1.807) is 24.3 Å². The first-order valence-electron chi connectivity index (χ1n) is 5.26. The molecular weight excluding hydrogens is 273 g/mol. The van der Waals surface area contributed by atoms with E-state index in [0.29, 0.717) is 22.3 Å². The normalized spacial score (nSPS) is 10.3. The van der Waals surface area contributed by atoms with Gasteiger partial charge in [-0.2, -0.15) is 0 Å². The quantitative estimate of drug-likeness (QED) is 0.746. The molecule has 0 unspecified atom stereocenters. The Labute approximate surface area is 115 Å². The van der Waals surface area contributed by atoms with Gasteiger partial charge in [-0.25, -0.2) is 0 Å². The van der Waals surface area contributed by atoms with Crippen LogP contribution in [0.25, 0.3) is 0 Å². The molecule has 2 aromatic carbocycles. The second-order valence-electron chi connectivity index (χ2n) is 3.77. The fourth-order valence-electron chi connectivity index (χ4n) is 1.54. The highest BCUT2D eigenvalue weighted by atomic mass is 35.5. The molecule has 0 saturated carbocycles. The van der Waals surface area contributed by atoms with Crippen LogP contribution in [0, 0.1) is 0 Å². The van der Waals surface area contributed by atoms with E-state index in [9.17, 15) is 10.2 Å². The van der Waals surface area contributed by atoms with Crippen LogP contribution in [-0.4, -0.2) is 10.2 Å². The molecule has 0 radical (unpaired) electrons. The van der Waals surface area contributed by atoms with Gasteiger partial charge >= 0.3 is 0 Å². The van der Waals surface area contributed by atoms with Gasteiger partial charge in [0, 0.05) is 6.54 Å². The van der Waals surface area contributed by atoms with Gasteiger partial charge in [-0.3, -0.25) is 0 Å². The molecule has 0 aliphatic heterocycles. The smallest absolute Gasteiger partial charge is 0.157 e. The van der Waals surface area contributed by atoms with E-state index in [-0.39, 0.29) is 11.5 Å². The summed E-state index contributed by atoms with van der Waals surface area (Å²) < 4.78 is 0. The fraction of sp³-hybridized carbons (Fsp3) is 0.0769. The zero-order valence-electron chi connectivity index (χ0n) is 9.32. The van der Waals surface area contributed by atoms with Crippen LogP contribution in [0.2, 0.25) is 10.0 Å². The molecule has 0 aromatic heterocycles. The number of phenolic OH excluding ortho intramolecular Hbond substituents is 2. The number of aromatic hydroxyl groups is 2.